The van der Waals surface area contributed by atoms with E-state index in [1.54, 1.807) is 10.8 Å². The molecule has 0 unspecified atom stereocenters. The van der Waals surface area contributed by atoms with Crippen LogP contribution < -0.4 is 10.5 Å². The first-order chi connectivity index (χ1) is 8.83. The maximum atomic E-state index is 5.78. The molecule has 3 aromatic rings. The number of ether oxygens (including phenoxy) is 1. The molecule has 0 radical (unpaired) electrons. The number of nitrogens with zero attached hydrogens (tertiary/aromatic N) is 4. The van der Waals surface area contributed by atoms with Crippen LogP contribution in [-0.4, -0.2) is 26.4 Å². The molecule has 6 nitrogen and oxygen atoms in total. The second-order valence-corrected chi connectivity index (χ2v) is 4.73. The summed E-state index contributed by atoms with van der Waals surface area (Å²) in [4.78, 5) is 0.796. The summed E-state index contributed by atoms with van der Waals surface area (Å²) in [6.07, 6.45) is 2.31. The largest absolute Gasteiger partial charge is 0.491 e. The lowest BCUT2D eigenvalue weighted by Gasteiger charge is -2.06. The third kappa shape index (κ3) is 2.12. The van der Waals surface area contributed by atoms with Crippen molar-refractivity contribution >= 4 is 22.0 Å². The van der Waals surface area contributed by atoms with Gasteiger partial charge >= 0.3 is 0 Å². The molecule has 0 aliphatic rings. The monoisotopic (exact) mass is 261 g/mol. The summed E-state index contributed by atoms with van der Waals surface area (Å²) in [6, 6.07) is 7.45. The fourth-order valence-electron chi connectivity index (χ4n) is 1.56. The zero-order valence-corrected chi connectivity index (χ0v) is 10.3. The van der Waals surface area contributed by atoms with Gasteiger partial charge in [0.1, 0.15) is 17.1 Å². The lowest BCUT2D eigenvalue weighted by Crippen LogP contribution is -2.03. The van der Waals surface area contributed by atoms with E-state index in [4.69, 9.17) is 10.5 Å². The van der Waals surface area contributed by atoms with Gasteiger partial charge in [-0.25, -0.2) is 0 Å². The quantitative estimate of drug-likeness (QED) is 0.718. The maximum Gasteiger partial charge on any atom is 0.234 e. The second kappa shape index (κ2) is 4.61. The summed E-state index contributed by atoms with van der Waals surface area (Å²) >= 11 is 1.51. The molecule has 0 fully saturated rings. The number of fused-ring (bicyclic) bond motifs is 1. The van der Waals surface area contributed by atoms with Crippen LogP contribution in [0.3, 0.4) is 0 Å². The summed E-state index contributed by atoms with van der Waals surface area (Å²) in [6.45, 7) is 0.540. The van der Waals surface area contributed by atoms with E-state index in [1.807, 2.05) is 24.3 Å². The van der Waals surface area contributed by atoms with Crippen molar-refractivity contribution in [3.8, 4) is 5.75 Å². The van der Waals surface area contributed by atoms with Crippen LogP contribution in [-0.2, 0) is 6.42 Å². The Kier molecular flexibility index (Phi) is 2.81. The van der Waals surface area contributed by atoms with Gasteiger partial charge < -0.3 is 10.5 Å². The Morgan fingerprint density at radius 1 is 1.33 bits per heavy atom. The topological polar surface area (TPSA) is 78.3 Å². The molecule has 92 valence electrons. The molecular formula is C11H11N5OS. The molecule has 18 heavy (non-hydrogen) atoms. The van der Waals surface area contributed by atoms with Gasteiger partial charge in [-0.05, 0) is 12.1 Å². The van der Waals surface area contributed by atoms with Gasteiger partial charge in [0.15, 0.2) is 0 Å². The van der Waals surface area contributed by atoms with Crippen molar-refractivity contribution in [3.63, 3.8) is 0 Å². The van der Waals surface area contributed by atoms with E-state index in [0.717, 1.165) is 16.4 Å². The molecule has 2 aromatic heterocycles. The standard InChI is InChI=1S/C11H11N5OS/c12-8-3-1-2-4-9(8)17-6-5-10-15-16-7-13-14-11(16)18-10/h1-4,7H,5-6,12H2. The van der Waals surface area contributed by atoms with E-state index in [-0.39, 0.29) is 0 Å². The van der Waals surface area contributed by atoms with Gasteiger partial charge in [-0.2, -0.15) is 9.61 Å². The lowest BCUT2D eigenvalue weighted by atomic mass is 10.3. The van der Waals surface area contributed by atoms with Gasteiger partial charge in [-0.15, -0.1) is 10.2 Å². The molecule has 0 spiro atoms. The molecule has 0 bridgehead atoms. The minimum absolute atomic E-state index is 0.540. The van der Waals surface area contributed by atoms with Gasteiger partial charge in [-0.1, -0.05) is 23.5 Å². The Morgan fingerprint density at radius 2 is 2.22 bits per heavy atom. The van der Waals surface area contributed by atoms with Crippen molar-refractivity contribution in [2.45, 2.75) is 6.42 Å². The van der Waals surface area contributed by atoms with Gasteiger partial charge in [0.25, 0.3) is 0 Å². The van der Waals surface area contributed by atoms with Crippen molar-refractivity contribution in [2.75, 3.05) is 12.3 Å². The summed E-state index contributed by atoms with van der Waals surface area (Å²) < 4.78 is 7.27. The zero-order chi connectivity index (χ0) is 12.4. The van der Waals surface area contributed by atoms with E-state index in [9.17, 15) is 0 Å². The number of anilines is 1. The van der Waals surface area contributed by atoms with Crippen LogP contribution in [0.1, 0.15) is 5.01 Å². The number of hydrogen-bond donors (Lipinski definition) is 1. The highest BCUT2D eigenvalue weighted by atomic mass is 32.1. The molecule has 0 saturated carbocycles. The van der Waals surface area contributed by atoms with Crippen LogP contribution in [0.15, 0.2) is 30.6 Å². The molecule has 0 saturated heterocycles. The predicted octanol–water partition coefficient (Wildman–Crippen LogP) is 1.39. The van der Waals surface area contributed by atoms with E-state index in [0.29, 0.717) is 18.0 Å². The van der Waals surface area contributed by atoms with Gasteiger partial charge in [0.05, 0.1) is 12.3 Å². The van der Waals surface area contributed by atoms with E-state index in [2.05, 4.69) is 15.3 Å². The number of hydrogen-bond acceptors (Lipinski definition) is 6. The molecule has 2 heterocycles. The number of para-hydroxylation sites is 2. The van der Waals surface area contributed by atoms with E-state index < -0.39 is 0 Å². The number of nitrogen functional groups attached to an aromatic ring is 1. The highest BCUT2D eigenvalue weighted by Gasteiger charge is 2.05. The second-order valence-electron chi connectivity index (χ2n) is 3.69. The Morgan fingerprint density at radius 3 is 3.06 bits per heavy atom. The van der Waals surface area contributed by atoms with E-state index in [1.165, 1.54) is 11.3 Å². The van der Waals surface area contributed by atoms with Crippen molar-refractivity contribution in [1.82, 2.24) is 19.8 Å². The third-order valence-electron chi connectivity index (χ3n) is 2.42. The van der Waals surface area contributed by atoms with Crippen molar-refractivity contribution in [2.24, 2.45) is 0 Å². The Balaban J connectivity index is 1.62. The first-order valence-electron chi connectivity index (χ1n) is 5.46. The molecule has 0 aliphatic carbocycles. The predicted molar refractivity (Wildman–Crippen MR) is 68.7 cm³/mol. The van der Waals surface area contributed by atoms with E-state index >= 15 is 0 Å². The first-order valence-corrected chi connectivity index (χ1v) is 6.27. The Hall–Kier alpha value is -2.15. The minimum Gasteiger partial charge on any atom is -0.491 e. The number of rotatable bonds is 4. The summed E-state index contributed by atoms with van der Waals surface area (Å²) in [7, 11) is 0. The number of nitrogens with two attached hydrogens (primary N) is 1. The Bertz CT molecular complexity index is 634. The molecule has 2 N–H and O–H groups in total. The average Bonchev–Trinajstić information content (AvgIpc) is 2.92. The highest BCUT2D eigenvalue weighted by molar-refractivity contribution is 7.16. The third-order valence-corrected chi connectivity index (χ3v) is 3.39. The van der Waals surface area contributed by atoms with Crippen LogP contribution in [0.4, 0.5) is 5.69 Å². The van der Waals surface area contributed by atoms with Gasteiger partial charge in [0, 0.05) is 6.42 Å². The van der Waals surface area contributed by atoms with Crippen molar-refractivity contribution in [3.05, 3.63) is 35.6 Å². The normalized spacial score (nSPS) is 10.9. The van der Waals surface area contributed by atoms with Crippen molar-refractivity contribution < 1.29 is 4.74 Å². The molecule has 3 rings (SSSR count). The minimum atomic E-state index is 0.540. The van der Waals surface area contributed by atoms with Crippen LogP contribution in [0, 0.1) is 0 Å². The summed E-state index contributed by atoms with van der Waals surface area (Å²) in [5, 5.41) is 13.0. The molecule has 7 heteroatoms. The fourth-order valence-corrected chi connectivity index (χ4v) is 2.36. The first kappa shape index (κ1) is 11.0. The molecular weight excluding hydrogens is 250 g/mol. The van der Waals surface area contributed by atoms with Crippen molar-refractivity contribution in [1.29, 1.82) is 0 Å². The number of benzene rings is 1. The van der Waals surface area contributed by atoms with Gasteiger partial charge in [0.2, 0.25) is 4.96 Å². The molecule has 0 aliphatic heterocycles. The zero-order valence-electron chi connectivity index (χ0n) is 9.48. The van der Waals surface area contributed by atoms with Crippen LogP contribution in [0.2, 0.25) is 0 Å². The highest BCUT2D eigenvalue weighted by Crippen LogP contribution is 2.20. The summed E-state index contributed by atoms with van der Waals surface area (Å²) in [5.41, 5.74) is 6.43. The molecule has 0 amide bonds. The number of aromatic nitrogens is 4. The Labute approximate surface area is 107 Å². The van der Waals surface area contributed by atoms with Crippen LogP contribution >= 0.6 is 11.3 Å². The average molecular weight is 261 g/mol. The van der Waals surface area contributed by atoms with Gasteiger partial charge in [-0.3, -0.25) is 0 Å². The maximum absolute atomic E-state index is 5.78. The summed E-state index contributed by atoms with van der Waals surface area (Å²) in [5.74, 6) is 0.709. The SMILES string of the molecule is Nc1ccccc1OCCc1nn2cnnc2s1. The molecule has 0 atom stereocenters. The lowest BCUT2D eigenvalue weighted by molar-refractivity contribution is 0.323. The van der Waals surface area contributed by atoms with Crippen LogP contribution in [0.25, 0.3) is 4.96 Å². The fraction of sp³-hybridized carbons (Fsp3) is 0.182. The van der Waals surface area contributed by atoms with Crippen LogP contribution in [0.5, 0.6) is 5.75 Å². The smallest absolute Gasteiger partial charge is 0.234 e. The molecule has 1 aromatic carbocycles.